The van der Waals surface area contributed by atoms with Crippen molar-refractivity contribution in [2.45, 2.75) is 26.4 Å². The van der Waals surface area contributed by atoms with E-state index < -0.39 is 5.82 Å². The lowest BCUT2D eigenvalue weighted by Crippen LogP contribution is -2.37. The number of H-pyrrole nitrogens is 1. The molecule has 0 radical (unpaired) electrons. The van der Waals surface area contributed by atoms with Gasteiger partial charge in [-0.05, 0) is 44.2 Å². The number of halogens is 2. The molecule has 0 aliphatic rings. The number of fused-ring (bicyclic) bond motifs is 1. The molecule has 0 unspecified atom stereocenters. The van der Waals surface area contributed by atoms with Gasteiger partial charge in [-0.3, -0.25) is 9.59 Å². The summed E-state index contributed by atoms with van der Waals surface area (Å²) in [7, 11) is 0. The Bertz CT molecular complexity index is 1030. The van der Waals surface area contributed by atoms with E-state index >= 15 is 0 Å². The third-order valence-corrected chi connectivity index (χ3v) is 4.34. The SMILES string of the molecule is CC(C)N(Cc1nc2ccccc2c(=O)[nH]1)C(=O)c1ccc(F)cc1Cl. The number of hydrogen-bond acceptors (Lipinski definition) is 3. The van der Waals surface area contributed by atoms with Gasteiger partial charge < -0.3 is 9.88 Å². The van der Waals surface area contributed by atoms with Crippen LogP contribution in [0.5, 0.6) is 0 Å². The average molecular weight is 374 g/mol. The predicted octanol–water partition coefficient (Wildman–Crippen LogP) is 3.77. The lowest BCUT2D eigenvalue weighted by atomic mass is 10.1. The highest BCUT2D eigenvalue weighted by Gasteiger charge is 2.22. The molecule has 7 heteroatoms. The molecule has 134 valence electrons. The van der Waals surface area contributed by atoms with Gasteiger partial charge in [-0.2, -0.15) is 0 Å². The number of hydrogen-bond donors (Lipinski definition) is 1. The summed E-state index contributed by atoms with van der Waals surface area (Å²) in [5.74, 6) is -0.502. The van der Waals surface area contributed by atoms with Gasteiger partial charge in [0.05, 0.1) is 28.0 Å². The van der Waals surface area contributed by atoms with Crippen LogP contribution in [0.3, 0.4) is 0 Å². The first kappa shape index (κ1) is 18.1. The second kappa shape index (κ2) is 7.25. The molecular weight excluding hydrogens is 357 g/mol. The second-order valence-electron chi connectivity index (χ2n) is 6.18. The summed E-state index contributed by atoms with van der Waals surface area (Å²) in [6.07, 6.45) is 0. The molecule has 0 bridgehead atoms. The highest BCUT2D eigenvalue weighted by Crippen LogP contribution is 2.21. The summed E-state index contributed by atoms with van der Waals surface area (Å²) < 4.78 is 13.3. The van der Waals surface area contributed by atoms with Crippen molar-refractivity contribution in [2.75, 3.05) is 0 Å². The Morgan fingerprint density at radius 3 is 2.69 bits per heavy atom. The Morgan fingerprint density at radius 1 is 1.27 bits per heavy atom. The Kier molecular flexibility index (Phi) is 5.04. The summed E-state index contributed by atoms with van der Waals surface area (Å²) in [6, 6.07) is 10.5. The Labute approximate surface area is 154 Å². The zero-order valence-electron chi connectivity index (χ0n) is 14.3. The molecule has 0 aliphatic heterocycles. The van der Waals surface area contributed by atoms with Gasteiger partial charge in [0.25, 0.3) is 11.5 Å². The molecule has 1 heterocycles. The van der Waals surface area contributed by atoms with Crippen molar-refractivity contribution in [3.63, 3.8) is 0 Å². The number of nitrogens with one attached hydrogen (secondary N) is 1. The van der Waals surface area contributed by atoms with Crippen LogP contribution in [0.25, 0.3) is 10.9 Å². The van der Waals surface area contributed by atoms with Gasteiger partial charge in [0, 0.05) is 6.04 Å². The van der Waals surface area contributed by atoms with Crippen LogP contribution in [-0.2, 0) is 6.54 Å². The van der Waals surface area contributed by atoms with Crippen LogP contribution >= 0.6 is 11.6 Å². The van der Waals surface area contributed by atoms with Crippen LogP contribution in [0.4, 0.5) is 4.39 Å². The van der Waals surface area contributed by atoms with E-state index in [1.165, 1.54) is 17.0 Å². The van der Waals surface area contributed by atoms with Crippen LogP contribution in [0.1, 0.15) is 30.0 Å². The molecule has 0 aliphatic carbocycles. The number of rotatable bonds is 4. The molecule has 0 saturated carbocycles. The van der Waals surface area contributed by atoms with Crippen molar-refractivity contribution in [2.24, 2.45) is 0 Å². The van der Waals surface area contributed by atoms with E-state index in [-0.39, 0.29) is 34.6 Å². The third-order valence-electron chi connectivity index (χ3n) is 4.03. The fourth-order valence-corrected chi connectivity index (χ4v) is 2.93. The fourth-order valence-electron chi connectivity index (χ4n) is 2.68. The van der Waals surface area contributed by atoms with E-state index in [1.54, 1.807) is 24.3 Å². The van der Waals surface area contributed by atoms with Crippen LogP contribution in [-0.4, -0.2) is 26.8 Å². The zero-order valence-corrected chi connectivity index (χ0v) is 15.0. The molecule has 1 aromatic heterocycles. The minimum atomic E-state index is -0.511. The highest BCUT2D eigenvalue weighted by molar-refractivity contribution is 6.33. The lowest BCUT2D eigenvalue weighted by molar-refractivity contribution is 0.0685. The normalized spacial score (nSPS) is 11.1. The van der Waals surface area contributed by atoms with Crippen LogP contribution in [0, 0.1) is 5.82 Å². The zero-order chi connectivity index (χ0) is 18.8. The summed E-state index contributed by atoms with van der Waals surface area (Å²) in [5, 5.41) is 0.529. The summed E-state index contributed by atoms with van der Waals surface area (Å²) in [4.78, 5) is 33.8. The molecule has 0 spiro atoms. The third kappa shape index (κ3) is 3.60. The topological polar surface area (TPSA) is 66.1 Å². The van der Waals surface area contributed by atoms with E-state index in [9.17, 15) is 14.0 Å². The number of benzene rings is 2. The fraction of sp³-hybridized carbons (Fsp3) is 0.211. The van der Waals surface area contributed by atoms with E-state index in [2.05, 4.69) is 9.97 Å². The first-order valence-corrected chi connectivity index (χ1v) is 8.48. The lowest BCUT2D eigenvalue weighted by Gasteiger charge is -2.26. The van der Waals surface area contributed by atoms with E-state index in [0.29, 0.717) is 16.7 Å². The van der Waals surface area contributed by atoms with Crippen LogP contribution in [0.2, 0.25) is 5.02 Å². The minimum Gasteiger partial charge on any atom is -0.329 e. The summed E-state index contributed by atoms with van der Waals surface area (Å²) in [6.45, 7) is 3.78. The van der Waals surface area contributed by atoms with Gasteiger partial charge in [-0.25, -0.2) is 9.37 Å². The molecule has 0 saturated heterocycles. The predicted molar refractivity (Wildman–Crippen MR) is 98.8 cm³/mol. The van der Waals surface area contributed by atoms with Crippen molar-refractivity contribution in [1.29, 1.82) is 0 Å². The van der Waals surface area contributed by atoms with Crippen molar-refractivity contribution in [3.8, 4) is 0 Å². The standard InChI is InChI=1S/C19H17ClFN3O2/c1-11(2)24(19(26)13-8-7-12(21)9-15(13)20)10-17-22-16-6-4-3-5-14(16)18(25)23-17/h3-9,11H,10H2,1-2H3,(H,22,23,25). The maximum absolute atomic E-state index is 13.3. The van der Waals surface area contributed by atoms with Gasteiger partial charge in [0.15, 0.2) is 0 Å². The van der Waals surface area contributed by atoms with Crippen molar-refractivity contribution in [1.82, 2.24) is 14.9 Å². The van der Waals surface area contributed by atoms with Crippen LogP contribution < -0.4 is 5.56 Å². The van der Waals surface area contributed by atoms with E-state index in [4.69, 9.17) is 11.6 Å². The number of nitrogens with zero attached hydrogens (tertiary/aromatic N) is 2. The average Bonchev–Trinajstić information content (AvgIpc) is 2.59. The van der Waals surface area contributed by atoms with Crippen LogP contribution in [0.15, 0.2) is 47.3 Å². The summed E-state index contributed by atoms with van der Waals surface area (Å²) in [5.41, 5.74) is 0.494. The first-order chi connectivity index (χ1) is 12.4. The Hall–Kier alpha value is -2.73. The first-order valence-electron chi connectivity index (χ1n) is 8.11. The van der Waals surface area contributed by atoms with E-state index in [0.717, 1.165) is 6.07 Å². The number of aromatic nitrogens is 2. The number of aromatic amines is 1. The number of amides is 1. The minimum absolute atomic E-state index is 0.0422. The smallest absolute Gasteiger partial charge is 0.258 e. The molecule has 2 aromatic carbocycles. The van der Waals surface area contributed by atoms with E-state index in [1.807, 2.05) is 13.8 Å². The van der Waals surface area contributed by atoms with Gasteiger partial charge in [0.1, 0.15) is 11.6 Å². The highest BCUT2D eigenvalue weighted by atomic mass is 35.5. The maximum atomic E-state index is 13.3. The molecular formula is C19H17ClFN3O2. The second-order valence-corrected chi connectivity index (χ2v) is 6.59. The molecule has 0 atom stereocenters. The molecule has 3 aromatic rings. The van der Waals surface area contributed by atoms with Crippen molar-refractivity contribution < 1.29 is 9.18 Å². The quantitative estimate of drug-likeness (QED) is 0.757. The van der Waals surface area contributed by atoms with Crippen molar-refractivity contribution in [3.05, 3.63) is 75.0 Å². The van der Waals surface area contributed by atoms with Gasteiger partial charge >= 0.3 is 0 Å². The molecule has 5 nitrogen and oxygen atoms in total. The number of carbonyl (C=O) groups is 1. The largest absolute Gasteiger partial charge is 0.329 e. The Morgan fingerprint density at radius 2 is 2.00 bits per heavy atom. The molecule has 1 amide bonds. The van der Waals surface area contributed by atoms with Crippen molar-refractivity contribution >= 4 is 28.4 Å². The van der Waals surface area contributed by atoms with Gasteiger partial charge in [-0.15, -0.1) is 0 Å². The maximum Gasteiger partial charge on any atom is 0.258 e. The monoisotopic (exact) mass is 373 g/mol. The Balaban J connectivity index is 1.96. The molecule has 3 rings (SSSR count). The molecule has 0 fully saturated rings. The van der Waals surface area contributed by atoms with Gasteiger partial charge in [0.2, 0.25) is 0 Å². The van der Waals surface area contributed by atoms with Gasteiger partial charge in [-0.1, -0.05) is 23.7 Å². The number of para-hydroxylation sites is 1. The number of carbonyl (C=O) groups excluding carboxylic acids is 1. The summed E-state index contributed by atoms with van der Waals surface area (Å²) >= 11 is 6.02. The molecule has 26 heavy (non-hydrogen) atoms. The molecule has 1 N–H and O–H groups in total.